The van der Waals surface area contributed by atoms with Gasteiger partial charge in [-0.15, -0.1) is 0 Å². The van der Waals surface area contributed by atoms with Crippen LogP contribution in [0, 0.1) is 0 Å². The molecule has 3 aromatic rings. The van der Waals surface area contributed by atoms with Gasteiger partial charge in [-0.3, -0.25) is 9.78 Å². The Morgan fingerprint density at radius 3 is 2.88 bits per heavy atom. The van der Waals surface area contributed by atoms with E-state index in [0.29, 0.717) is 16.6 Å². The van der Waals surface area contributed by atoms with E-state index >= 15 is 0 Å². The molecule has 3 rings (SSSR count). The third kappa shape index (κ3) is 3.26. The minimum absolute atomic E-state index is 0.100. The lowest BCUT2D eigenvalue weighted by atomic mass is 10.1. The van der Waals surface area contributed by atoms with Crippen LogP contribution < -0.4 is 5.32 Å². The second kappa shape index (κ2) is 6.76. The first-order valence-corrected chi connectivity index (χ1v) is 7.75. The van der Waals surface area contributed by atoms with Gasteiger partial charge in [-0.25, -0.2) is 9.97 Å². The number of nitrogens with one attached hydrogen (secondary N) is 1. The molecular formula is C17H19N5O2. The Balaban J connectivity index is 1.70. The molecule has 24 heavy (non-hydrogen) atoms. The highest BCUT2D eigenvalue weighted by Crippen LogP contribution is 2.16. The van der Waals surface area contributed by atoms with Crippen molar-refractivity contribution >= 4 is 17.1 Å². The largest absolute Gasteiger partial charge is 0.387 e. The molecule has 124 valence electrons. The molecule has 1 amide bonds. The van der Waals surface area contributed by atoms with E-state index in [-0.39, 0.29) is 18.5 Å². The lowest BCUT2D eigenvalue weighted by molar-refractivity contribution is 0.0916. The molecule has 0 aliphatic carbocycles. The first-order valence-electron chi connectivity index (χ1n) is 7.75. The summed E-state index contributed by atoms with van der Waals surface area (Å²) in [6.07, 6.45) is 5.64. The van der Waals surface area contributed by atoms with Gasteiger partial charge >= 0.3 is 0 Å². The average molecular weight is 325 g/mol. The van der Waals surface area contributed by atoms with Crippen LogP contribution in [0.1, 0.15) is 41.9 Å². The summed E-state index contributed by atoms with van der Waals surface area (Å²) in [5.41, 5.74) is 2.48. The van der Waals surface area contributed by atoms with Crippen molar-refractivity contribution < 1.29 is 9.90 Å². The summed E-state index contributed by atoms with van der Waals surface area (Å²) in [5, 5.41) is 12.8. The number of nitrogens with zero attached hydrogens (tertiary/aromatic N) is 4. The van der Waals surface area contributed by atoms with Crippen LogP contribution in [0.25, 0.3) is 11.2 Å². The molecule has 7 nitrogen and oxygen atoms in total. The van der Waals surface area contributed by atoms with Gasteiger partial charge in [0.05, 0.1) is 18.0 Å². The second-order valence-corrected chi connectivity index (χ2v) is 5.82. The maximum absolute atomic E-state index is 12.3. The van der Waals surface area contributed by atoms with E-state index in [2.05, 4.69) is 20.3 Å². The highest BCUT2D eigenvalue weighted by Gasteiger charge is 2.14. The van der Waals surface area contributed by atoms with Crippen LogP contribution >= 0.6 is 0 Å². The van der Waals surface area contributed by atoms with Gasteiger partial charge < -0.3 is 15.0 Å². The first kappa shape index (κ1) is 16.1. The molecule has 1 atom stereocenters. The number of amides is 1. The van der Waals surface area contributed by atoms with E-state index in [1.54, 1.807) is 36.9 Å². The maximum atomic E-state index is 12.3. The molecule has 0 aliphatic rings. The predicted molar refractivity (Wildman–Crippen MR) is 89.4 cm³/mol. The van der Waals surface area contributed by atoms with Crippen molar-refractivity contribution in [3.05, 3.63) is 54.2 Å². The quantitative estimate of drug-likeness (QED) is 0.747. The molecule has 0 aliphatic heterocycles. The van der Waals surface area contributed by atoms with E-state index in [1.807, 2.05) is 18.4 Å². The van der Waals surface area contributed by atoms with Crippen molar-refractivity contribution in [2.75, 3.05) is 6.54 Å². The molecule has 0 spiro atoms. The van der Waals surface area contributed by atoms with Crippen LogP contribution in [-0.4, -0.2) is 37.1 Å². The number of fused-ring (bicyclic) bond motifs is 1. The lowest BCUT2D eigenvalue weighted by Gasteiger charge is -2.12. The normalized spacial score (nSPS) is 12.5. The molecule has 3 aromatic heterocycles. The van der Waals surface area contributed by atoms with Gasteiger partial charge in [-0.2, -0.15) is 0 Å². The summed E-state index contributed by atoms with van der Waals surface area (Å²) >= 11 is 0. The fraction of sp³-hybridized carbons (Fsp3) is 0.294. The van der Waals surface area contributed by atoms with Crippen LogP contribution in [-0.2, 0) is 0 Å². The molecule has 0 fully saturated rings. The number of pyridine rings is 2. The number of hydrogen-bond acceptors (Lipinski definition) is 5. The molecule has 0 saturated heterocycles. The fourth-order valence-electron chi connectivity index (χ4n) is 2.40. The number of aromatic nitrogens is 4. The molecule has 3 heterocycles. The van der Waals surface area contributed by atoms with Gasteiger partial charge in [0.15, 0.2) is 5.65 Å². The third-order valence-corrected chi connectivity index (χ3v) is 3.76. The summed E-state index contributed by atoms with van der Waals surface area (Å²) in [5.74, 6) is -0.300. The number of aliphatic hydroxyl groups excluding tert-OH is 1. The van der Waals surface area contributed by atoms with Gasteiger partial charge in [0.2, 0.25) is 0 Å². The number of aliphatic hydroxyl groups is 1. The smallest absolute Gasteiger partial charge is 0.253 e. The Kier molecular flexibility index (Phi) is 4.52. The van der Waals surface area contributed by atoms with Crippen LogP contribution in [0.3, 0.4) is 0 Å². The van der Waals surface area contributed by atoms with Gasteiger partial charge in [0.25, 0.3) is 5.91 Å². The van der Waals surface area contributed by atoms with E-state index in [4.69, 9.17) is 0 Å². The topological polar surface area (TPSA) is 92.9 Å². The summed E-state index contributed by atoms with van der Waals surface area (Å²) in [6.45, 7) is 4.19. The standard InChI is InChI=1S/C17H19N5O2/c1-11(2)22-10-21-14-6-13(8-19-16(14)22)17(24)20-9-15(23)12-4-3-5-18-7-12/h3-8,10-11,15,23H,9H2,1-2H3,(H,20,24). The monoisotopic (exact) mass is 325 g/mol. The molecule has 0 saturated carbocycles. The summed E-state index contributed by atoms with van der Waals surface area (Å²) in [6, 6.07) is 5.45. The number of carbonyl (C=O) groups is 1. The van der Waals surface area contributed by atoms with Crippen molar-refractivity contribution in [1.29, 1.82) is 0 Å². The number of hydrogen-bond donors (Lipinski definition) is 2. The molecule has 7 heteroatoms. The van der Waals surface area contributed by atoms with Gasteiger partial charge in [-0.05, 0) is 26.0 Å². The Morgan fingerprint density at radius 2 is 2.17 bits per heavy atom. The molecule has 2 N–H and O–H groups in total. The predicted octanol–water partition coefficient (Wildman–Crippen LogP) is 1.87. The van der Waals surface area contributed by atoms with Crippen molar-refractivity contribution in [2.24, 2.45) is 0 Å². The Hall–Kier alpha value is -2.80. The van der Waals surface area contributed by atoms with Crippen LogP contribution in [0.2, 0.25) is 0 Å². The Bertz CT molecular complexity index is 845. The summed E-state index contributed by atoms with van der Waals surface area (Å²) in [4.78, 5) is 24.8. The van der Waals surface area contributed by atoms with E-state index in [9.17, 15) is 9.90 Å². The van der Waals surface area contributed by atoms with Crippen molar-refractivity contribution in [3.8, 4) is 0 Å². The van der Waals surface area contributed by atoms with E-state index in [0.717, 1.165) is 5.65 Å². The zero-order valence-electron chi connectivity index (χ0n) is 13.5. The third-order valence-electron chi connectivity index (χ3n) is 3.76. The van der Waals surface area contributed by atoms with E-state index in [1.165, 1.54) is 6.20 Å². The molecular weight excluding hydrogens is 306 g/mol. The highest BCUT2D eigenvalue weighted by molar-refractivity contribution is 5.96. The molecule has 0 aromatic carbocycles. The zero-order chi connectivity index (χ0) is 17.1. The van der Waals surface area contributed by atoms with Crippen molar-refractivity contribution in [3.63, 3.8) is 0 Å². The van der Waals surface area contributed by atoms with Crippen LogP contribution in [0.5, 0.6) is 0 Å². The summed E-state index contributed by atoms with van der Waals surface area (Å²) < 4.78 is 1.95. The number of carbonyl (C=O) groups excluding carboxylic acids is 1. The van der Waals surface area contributed by atoms with Gasteiger partial charge in [0, 0.05) is 36.7 Å². The minimum Gasteiger partial charge on any atom is -0.387 e. The van der Waals surface area contributed by atoms with E-state index < -0.39 is 6.10 Å². The van der Waals surface area contributed by atoms with Gasteiger partial charge in [-0.1, -0.05) is 6.07 Å². The van der Waals surface area contributed by atoms with Crippen molar-refractivity contribution in [2.45, 2.75) is 26.0 Å². The van der Waals surface area contributed by atoms with Gasteiger partial charge in [0.1, 0.15) is 5.52 Å². The highest BCUT2D eigenvalue weighted by atomic mass is 16.3. The maximum Gasteiger partial charge on any atom is 0.253 e. The number of rotatable bonds is 5. The average Bonchev–Trinajstić information content (AvgIpc) is 3.03. The number of imidazole rings is 1. The first-order chi connectivity index (χ1) is 11.6. The lowest BCUT2D eigenvalue weighted by Crippen LogP contribution is -2.28. The Morgan fingerprint density at radius 1 is 1.33 bits per heavy atom. The fourth-order valence-corrected chi connectivity index (χ4v) is 2.40. The Labute approximate surface area is 139 Å². The summed E-state index contributed by atoms with van der Waals surface area (Å²) in [7, 11) is 0. The second-order valence-electron chi connectivity index (χ2n) is 5.82. The molecule has 1 unspecified atom stereocenters. The van der Waals surface area contributed by atoms with Crippen LogP contribution in [0.15, 0.2) is 43.1 Å². The SMILES string of the molecule is CC(C)n1cnc2cc(C(=O)NCC(O)c3cccnc3)cnc21. The molecule has 0 radical (unpaired) electrons. The minimum atomic E-state index is -0.806. The van der Waals surface area contributed by atoms with Crippen LogP contribution in [0.4, 0.5) is 0 Å². The molecule has 0 bridgehead atoms. The zero-order valence-corrected chi connectivity index (χ0v) is 13.5. The van der Waals surface area contributed by atoms with Crippen molar-refractivity contribution in [1.82, 2.24) is 24.8 Å².